The Kier molecular flexibility index (Phi) is 3.50. The molecule has 0 aliphatic heterocycles. The van der Waals surface area contributed by atoms with Crippen LogP contribution in [-0.4, -0.2) is 15.1 Å². The highest BCUT2D eigenvalue weighted by molar-refractivity contribution is 5.90. The lowest BCUT2D eigenvalue weighted by molar-refractivity contribution is 0.432. The molecule has 0 atom stereocenters. The minimum absolute atomic E-state index is 0.233. The van der Waals surface area contributed by atoms with Gasteiger partial charge in [-0.05, 0) is 36.4 Å². The van der Waals surface area contributed by atoms with Crippen molar-refractivity contribution in [3.8, 4) is 28.3 Å². The number of fused-ring (bicyclic) bond motifs is 1. The van der Waals surface area contributed by atoms with Crippen LogP contribution in [0.25, 0.3) is 33.6 Å². The molecule has 0 aliphatic rings. The van der Waals surface area contributed by atoms with Gasteiger partial charge < -0.3 is 9.52 Å². The Balaban J connectivity index is 2.01. The maximum absolute atomic E-state index is 13.7. The molecule has 3 aromatic heterocycles. The summed E-state index contributed by atoms with van der Waals surface area (Å²) in [4.78, 5) is 20.7. The lowest BCUT2D eigenvalue weighted by atomic mass is 10.1. The van der Waals surface area contributed by atoms with E-state index >= 15 is 0 Å². The number of phenolic OH excluding ortho intramolecular Hbond substituents is 1. The third-order valence-electron chi connectivity index (χ3n) is 3.81. The maximum atomic E-state index is 13.7. The van der Waals surface area contributed by atoms with Crippen molar-refractivity contribution < 1.29 is 13.9 Å². The molecule has 4 aromatic rings. The molecule has 0 spiro atoms. The molecule has 0 saturated carbocycles. The summed E-state index contributed by atoms with van der Waals surface area (Å²) in [5.74, 6) is -0.886. The predicted molar refractivity (Wildman–Crippen MR) is 90.6 cm³/mol. The molecule has 0 amide bonds. The highest BCUT2D eigenvalue weighted by Crippen LogP contribution is 2.30. The Labute approximate surface area is 141 Å². The van der Waals surface area contributed by atoms with Crippen molar-refractivity contribution in [2.24, 2.45) is 0 Å². The molecular formula is C19H11FN2O3. The van der Waals surface area contributed by atoms with E-state index in [0.29, 0.717) is 28.0 Å². The van der Waals surface area contributed by atoms with Gasteiger partial charge in [-0.2, -0.15) is 0 Å². The highest BCUT2D eigenvalue weighted by Gasteiger charge is 2.14. The Hall–Kier alpha value is -3.54. The quantitative estimate of drug-likeness (QED) is 0.604. The topological polar surface area (TPSA) is 76.2 Å². The van der Waals surface area contributed by atoms with Crippen LogP contribution in [0.2, 0.25) is 0 Å². The zero-order chi connectivity index (χ0) is 17.4. The van der Waals surface area contributed by atoms with Crippen molar-refractivity contribution in [3.63, 3.8) is 0 Å². The Morgan fingerprint density at radius 1 is 1.04 bits per heavy atom. The van der Waals surface area contributed by atoms with Gasteiger partial charge in [0.05, 0.1) is 5.39 Å². The lowest BCUT2D eigenvalue weighted by Gasteiger charge is -2.07. The van der Waals surface area contributed by atoms with Crippen LogP contribution in [0.3, 0.4) is 0 Å². The van der Waals surface area contributed by atoms with Crippen molar-refractivity contribution in [1.29, 1.82) is 0 Å². The molecule has 0 bridgehead atoms. The minimum atomic E-state index is -0.776. The van der Waals surface area contributed by atoms with Gasteiger partial charge >= 0.3 is 0 Å². The van der Waals surface area contributed by atoms with E-state index in [-0.39, 0.29) is 11.0 Å². The number of aromatic nitrogens is 2. The van der Waals surface area contributed by atoms with Crippen molar-refractivity contribution in [1.82, 2.24) is 9.97 Å². The SMILES string of the molecule is O=c1cc(-c2cccnc2)oc2c(-c3ccc(O)c(F)c3)nccc12. The van der Waals surface area contributed by atoms with Crippen LogP contribution in [0.5, 0.6) is 5.75 Å². The predicted octanol–water partition coefficient (Wildman–Crippen LogP) is 3.76. The first-order valence-corrected chi connectivity index (χ1v) is 7.45. The third kappa shape index (κ3) is 2.63. The molecule has 1 N–H and O–H groups in total. The van der Waals surface area contributed by atoms with E-state index in [4.69, 9.17) is 4.42 Å². The molecule has 25 heavy (non-hydrogen) atoms. The number of halogens is 1. The number of phenols is 1. The van der Waals surface area contributed by atoms with E-state index in [9.17, 15) is 14.3 Å². The first kappa shape index (κ1) is 15.0. The van der Waals surface area contributed by atoms with Gasteiger partial charge in [0.25, 0.3) is 0 Å². The first-order valence-electron chi connectivity index (χ1n) is 7.45. The molecule has 0 saturated heterocycles. The summed E-state index contributed by atoms with van der Waals surface area (Å²) in [5.41, 5.74) is 1.38. The fraction of sp³-hybridized carbons (Fsp3) is 0. The van der Waals surface area contributed by atoms with Crippen molar-refractivity contribution in [2.45, 2.75) is 0 Å². The molecule has 6 heteroatoms. The van der Waals surface area contributed by atoms with E-state index in [0.717, 1.165) is 6.07 Å². The summed E-state index contributed by atoms with van der Waals surface area (Å²) in [6, 6.07) is 10.3. The molecule has 0 aliphatic carbocycles. The number of pyridine rings is 2. The molecule has 4 rings (SSSR count). The molecule has 5 nitrogen and oxygen atoms in total. The molecule has 1 aromatic carbocycles. The largest absolute Gasteiger partial charge is 0.505 e. The number of hydrogen-bond acceptors (Lipinski definition) is 5. The number of nitrogens with zero attached hydrogens (tertiary/aromatic N) is 2. The average Bonchev–Trinajstić information content (AvgIpc) is 2.64. The summed E-state index contributed by atoms with van der Waals surface area (Å²) in [6.07, 6.45) is 4.67. The van der Waals surface area contributed by atoms with Crippen molar-refractivity contribution in [2.75, 3.05) is 0 Å². The van der Waals surface area contributed by atoms with Gasteiger partial charge in [-0.1, -0.05) is 0 Å². The standard InChI is InChI=1S/C19H11FN2O3/c20-14-8-11(3-4-15(14)23)18-19-13(5-7-22-18)16(24)9-17(25-19)12-2-1-6-21-10-12/h1-10,23H. The summed E-state index contributed by atoms with van der Waals surface area (Å²) in [6.45, 7) is 0. The van der Waals surface area contributed by atoms with Gasteiger partial charge in [0.2, 0.25) is 0 Å². The molecule has 0 unspecified atom stereocenters. The van der Waals surface area contributed by atoms with Gasteiger partial charge in [0.15, 0.2) is 22.6 Å². The van der Waals surface area contributed by atoms with Gasteiger partial charge in [-0.15, -0.1) is 0 Å². The summed E-state index contributed by atoms with van der Waals surface area (Å²) >= 11 is 0. The summed E-state index contributed by atoms with van der Waals surface area (Å²) < 4.78 is 19.6. The fourth-order valence-corrected chi connectivity index (χ4v) is 2.59. The first-order chi connectivity index (χ1) is 12.1. The number of aromatic hydroxyl groups is 1. The van der Waals surface area contributed by atoms with Crippen LogP contribution in [-0.2, 0) is 0 Å². The number of rotatable bonds is 2. The normalized spacial score (nSPS) is 10.9. The van der Waals surface area contributed by atoms with Crippen molar-refractivity contribution in [3.05, 3.63) is 77.1 Å². The maximum Gasteiger partial charge on any atom is 0.193 e. The molecule has 0 radical (unpaired) electrons. The lowest BCUT2D eigenvalue weighted by Crippen LogP contribution is -2.02. The average molecular weight is 334 g/mol. The van der Waals surface area contributed by atoms with Crippen LogP contribution in [0.1, 0.15) is 0 Å². The van der Waals surface area contributed by atoms with Gasteiger partial charge in [0, 0.05) is 35.8 Å². The number of benzene rings is 1. The van der Waals surface area contributed by atoms with E-state index in [1.807, 2.05) is 0 Å². The molecule has 3 heterocycles. The second-order valence-electron chi connectivity index (χ2n) is 5.42. The Bertz CT molecular complexity index is 1140. The minimum Gasteiger partial charge on any atom is -0.505 e. The van der Waals surface area contributed by atoms with E-state index in [1.165, 1.54) is 24.4 Å². The van der Waals surface area contributed by atoms with Crippen LogP contribution in [0.4, 0.5) is 4.39 Å². The molecule has 0 fully saturated rings. The van der Waals surface area contributed by atoms with Crippen LogP contribution in [0, 0.1) is 5.82 Å². The second-order valence-corrected chi connectivity index (χ2v) is 5.42. The van der Waals surface area contributed by atoms with Gasteiger partial charge in [-0.25, -0.2) is 4.39 Å². The van der Waals surface area contributed by atoms with Crippen molar-refractivity contribution >= 4 is 11.0 Å². The molecular weight excluding hydrogens is 323 g/mol. The Morgan fingerprint density at radius 2 is 1.92 bits per heavy atom. The van der Waals surface area contributed by atoms with E-state index in [1.54, 1.807) is 30.6 Å². The van der Waals surface area contributed by atoms with Gasteiger partial charge in [0.1, 0.15) is 11.5 Å². The fourth-order valence-electron chi connectivity index (χ4n) is 2.59. The monoisotopic (exact) mass is 334 g/mol. The Morgan fingerprint density at radius 3 is 2.68 bits per heavy atom. The number of hydrogen-bond donors (Lipinski definition) is 1. The van der Waals surface area contributed by atoms with E-state index < -0.39 is 11.6 Å². The third-order valence-corrected chi connectivity index (χ3v) is 3.81. The van der Waals surface area contributed by atoms with Gasteiger partial charge in [-0.3, -0.25) is 14.8 Å². The molecule has 122 valence electrons. The summed E-state index contributed by atoms with van der Waals surface area (Å²) in [5, 5.41) is 9.70. The van der Waals surface area contributed by atoms with E-state index in [2.05, 4.69) is 9.97 Å². The van der Waals surface area contributed by atoms with Crippen LogP contribution in [0.15, 0.2) is 70.3 Å². The highest BCUT2D eigenvalue weighted by atomic mass is 19.1. The zero-order valence-electron chi connectivity index (χ0n) is 12.8. The smallest absolute Gasteiger partial charge is 0.193 e. The van der Waals surface area contributed by atoms with Crippen LogP contribution < -0.4 is 5.43 Å². The summed E-state index contributed by atoms with van der Waals surface area (Å²) in [7, 11) is 0. The zero-order valence-corrected chi connectivity index (χ0v) is 12.8. The second kappa shape index (κ2) is 5.83. The van der Waals surface area contributed by atoms with Crippen LogP contribution >= 0.6 is 0 Å².